The number of aromatic nitrogens is 1. The van der Waals surface area contributed by atoms with E-state index in [1.165, 1.54) is 58.3 Å². The van der Waals surface area contributed by atoms with Gasteiger partial charge in [0.15, 0.2) is 5.76 Å². The zero-order chi connectivity index (χ0) is 19.3. The first-order chi connectivity index (χ1) is 12.6. The Labute approximate surface area is 157 Å². The highest BCUT2D eigenvalue weighted by Gasteiger charge is 2.36. The summed E-state index contributed by atoms with van der Waals surface area (Å²) in [6, 6.07) is 1.72. The molecule has 150 valence electrons. The van der Waals surface area contributed by atoms with E-state index in [-0.39, 0.29) is 5.91 Å². The van der Waals surface area contributed by atoms with Gasteiger partial charge in [0.1, 0.15) is 5.54 Å². The Morgan fingerprint density at radius 2 is 1.58 bits per heavy atom. The number of unbranched alkanes of at least 4 members (excludes halogenated alkanes) is 9. The monoisotopic (exact) mass is 368 g/mol. The van der Waals surface area contributed by atoms with Crippen LogP contribution in [0.25, 0.3) is 0 Å². The number of rotatable bonds is 15. The van der Waals surface area contributed by atoms with Crippen LogP contribution in [0, 0.1) is 0 Å². The minimum Gasteiger partial charge on any atom is -0.393 e. The molecule has 6 heteroatoms. The van der Waals surface area contributed by atoms with Gasteiger partial charge in [-0.15, -0.1) is 0 Å². The van der Waals surface area contributed by atoms with Gasteiger partial charge in [0, 0.05) is 13.0 Å². The summed E-state index contributed by atoms with van der Waals surface area (Å²) in [4.78, 5) is 11.3. The molecule has 1 heterocycles. The van der Waals surface area contributed by atoms with Crippen molar-refractivity contribution in [1.29, 1.82) is 0 Å². The minimum atomic E-state index is -1.31. The number of carbonyl (C=O) groups is 1. The quantitative estimate of drug-likeness (QED) is 0.412. The van der Waals surface area contributed by atoms with Gasteiger partial charge in [-0.3, -0.25) is 4.79 Å². The lowest BCUT2D eigenvalue weighted by atomic mass is 9.97. The van der Waals surface area contributed by atoms with E-state index in [0.717, 1.165) is 25.0 Å². The van der Waals surface area contributed by atoms with E-state index in [9.17, 15) is 15.0 Å². The molecule has 0 saturated heterocycles. The van der Waals surface area contributed by atoms with Gasteiger partial charge in [-0.05, 0) is 12.8 Å². The Bertz CT molecular complexity index is 498. The van der Waals surface area contributed by atoms with Crippen LogP contribution in [0.2, 0.25) is 0 Å². The number of amides is 1. The number of nitrogens with one attached hydrogen (secondary N) is 1. The minimum absolute atomic E-state index is 0.291. The average Bonchev–Trinajstić information content (AvgIpc) is 3.10. The zero-order valence-corrected chi connectivity index (χ0v) is 16.4. The van der Waals surface area contributed by atoms with Crippen molar-refractivity contribution in [3.8, 4) is 0 Å². The Morgan fingerprint density at radius 3 is 2.08 bits per heavy atom. The van der Waals surface area contributed by atoms with Crippen LogP contribution in [-0.4, -0.2) is 34.5 Å². The highest BCUT2D eigenvalue weighted by Crippen LogP contribution is 2.22. The van der Waals surface area contributed by atoms with Crippen molar-refractivity contribution in [2.75, 3.05) is 13.2 Å². The molecule has 0 aliphatic carbocycles. The summed E-state index contributed by atoms with van der Waals surface area (Å²) in [7, 11) is 0. The summed E-state index contributed by atoms with van der Waals surface area (Å²) in [5.41, 5.74) is -0.523. The molecule has 0 aromatic carbocycles. The van der Waals surface area contributed by atoms with Crippen LogP contribution in [0.3, 0.4) is 0 Å². The van der Waals surface area contributed by atoms with Crippen LogP contribution in [-0.2, 0) is 16.8 Å². The highest BCUT2D eigenvalue weighted by molar-refractivity contribution is 5.74. The second-order valence-electron chi connectivity index (χ2n) is 7.19. The fourth-order valence-corrected chi connectivity index (χ4v) is 3.13. The maximum Gasteiger partial charge on any atom is 0.217 e. The lowest BCUT2D eigenvalue weighted by Gasteiger charge is -2.27. The van der Waals surface area contributed by atoms with E-state index in [4.69, 9.17) is 4.52 Å². The molecule has 0 fully saturated rings. The van der Waals surface area contributed by atoms with Crippen LogP contribution in [0.1, 0.15) is 89.5 Å². The summed E-state index contributed by atoms with van der Waals surface area (Å²) < 4.78 is 5.27. The van der Waals surface area contributed by atoms with Gasteiger partial charge in [0.25, 0.3) is 0 Å². The van der Waals surface area contributed by atoms with Crippen LogP contribution in [0.5, 0.6) is 0 Å². The third-order valence-electron chi connectivity index (χ3n) is 4.77. The topological polar surface area (TPSA) is 95.6 Å². The predicted octanol–water partition coefficient (Wildman–Crippen LogP) is 3.45. The molecule has 1 aromatic heterocycles. The number of aliphatic hydroxyl groups excluding tert-OH is 2. The molecule has 6 nitrogen and oxygen atoms in total. The number of hydrogen-bond donors (Lipinski definition) is 3. The molecule has 0 atom stereocenters. The molecule has 26 heavy (non-hydrogen) atoms. The van der Waals surface area contributed by atoms with Gasteiger partial charge >= 0.3 is 0 Å². The first-order valence-corrected chi connectivity index (χ1v) is 10.0. The number of aliphatic hydroxyl groups is 2. The largest absolute Gasteiger partial charge is 0.393 e. The molecule has 0 spiro atoms. The number of nitrogens with zero attached hydrogens (tertiary/aromatic N) is 1. The first kappa shape index (κ1) is 22.6. The number of aryl methyl sites for hydroxylation is 1. The van der Waals surface area contributed by atoms with E-state index in [0.29, 0.717) is 5.76 Å². The van der Waals surface area contributed by atoms with Gasteiger partial charge in [0.2, 0.25) is 5.91 Å². The van der Waals surface area contributed by atoms with Crippen molar-refractivity contribution >= 4 is 5.91 Å². The molecule has 1 rings (SSSR count). The van der Waals surface area contributed by atoms with E-state index >= 15 is 0 Å². The summed E-state index contributed by atoms with van der Waals surface area (Å²) in [6.07, 6.45) is 13.6. The van der Waals surface area contributed by atoms with Crippen molar-refractivity contribution in [2.24, 2.45) is 0 Å². The van der Waals surface area contributed by atoms with Crippen LogP contribution in [0.4, 0.5) is 0 Å². The molecule has 0 saturated carbocycles. The maximum atomic E-state index is 11.3. The van der Waals surface area contributed by atoms with Gasteiger partial charge in [-0.2, -0.15) is 0 Å². The normalized spacial score (nSPS) is 11.7. The van der Waals surface area contributed by atoms with E-state index in [1.54, 1.807) is 6.07 Å². The predicted molar refractivity (Wildman–Crippen MR) is 102 cm³/mol. The smallest absolute Gasteiger partial charge is 0.217 e. The molecule has 0 unspecified atom stereocenters. The van der Waals surface area contributed by atoms with Crippen molar-refractivity contribution in [3.63, 3.8) is 0 Å². The summed E-state index contributed by atoms with van der Waals surface area (Å²) in [6.45, 7) is 2.68. The molecule has 0 radical (unpaired) electrons. The fourth-order valence-electron chi connectivity index (χ4n) is 3.13. The summed E-state index contributed by atoms with van der Waals surface area (Å²) in [5.74, 6) is -0.0551. The van der Waals surface area contributed by atoms with Crippen molar-refractivity contribution < 1.29 is 19.5 Å². The highest BCUT2D eigenvalue weighted by atomic mass is 16.5. The zero-order valence-electron chi connectivity index (χ0n) is 16.4. The number of carbonyl (C=O) groups excluding carboxylic acids is 1. The Kier molecular flexibility index (Phi) is 11.2. The van der Waals surface area contributed by atoms with Gasteiger partial charge in [-0.1, -0.05) is 69.9 Å². The van der Waals surface area contributed by atoms with E-state index in [1.807, 2.05) is 0 Å². The Morgan fingerprint density at radius 1 is 1.04 bits per heavy atom. The molecule has 0 bridgehead atoms. The Hall–Kier alpha value is -1.40. The summed E-state index contributed by atoms with van der Waals surface area (Å²) in [5, 5.41) is 25.8. The average molecular weight is 369 g/mol. The van der Waals surface area contributed by atoms with E-state index in [2.05, 4.69) is 17.4 Å². The second-order valence-corrected chi connectivity index (χ2v) is 7.19. The lowest BCUT2D eigenvalue weighted by molar-refractivity contribution is -0.122. The van der Waals surface area contributed by atoms with Crippen molar-refractivity contribution in [3.05, 3.63) is 17.5 Å². The molecule has 0 aliphatic heterocycles. The first-order valence-electron chi connectivity index (χ1n) is 10.0. The van der Waals surface area contributed by atoms with Crippen molar-refractivity contribution in [2.45, 2.75) is 90.0 Å². The Balaban J connectivity index is 2.28. The third kappa shape index (κ3) is 7.87. The fraction of sp³-hybridized carbons (Fsp3) is 0.800. The van der Waals surface area contributed by atoms with Gasteiger partial charge in [-0.25, -0.2) is 0 Å². The molecule has 3 N–H and O–H groups in total. The molecular formula is C20H36N2O4. The third-order valence-corrected chi connectivity index (χ3v) is 4.77. The molecule has 1 aromatic rings. The van der Waals surface area contributed by atoms with Gasteiger partial charge in [0.05, 0.1) is 18.9 Å². The number of hydrogen-bond acceptors (Lipinski definition) is 5. The van der Waals surface area contributed by atoms with Crippen LogP contribution in [0.15, 0.2) is 10.6 Å². The maximum absolute atomic E-state index is 11.3. The van der Waals surface area contributed by atoms with Crippen LogP contribution >= 0.6 is 0 Å². The SMILES string of the molecule is CCCCCCCCCCCCc1cc(C(CO)(CO)NC(C)=O)on1. The lowest BCUT2D eigenvalue weighted by Crippen LogP contribution is -2.50. The van der Waals surface area contributed by atoms with Crippen LogP contribution < -0.4 is 5.32 Å². The van der Waals surface area contributed by atoms with Crippen molar-refractivity contribution in [1.82, 2.24) is 10.5 Å². The second kappa shape index (κ2) is 12.9. The molecule has 0 aliphatic rings. The summed E-state index contributed by atoms with van der Waals surface area (Å²) >= 11 is 0. The molecule has 1 amide bonds. The van der Waals surface area contributed by atoms with Gasteiger partial charge < -0.3 is 20.1 Å². The standard InChI is InChI=1S/C20H36N2O4/c1-3-4-5-6-7-8-9-10-11-12-13-18-14-19(26-22-18)20(15-23,16-24)21-17(2)25/h14,23-24H,3-13,15-16H2,1-2H3,(H,21,25). The molecular weight excluding hydrogens is 332 g/mol. The van der Waals surface area contributed by atoms with E-state index < -0.39 is 18.8 Å².